The molecule has 1 aliphatic rings. The molecule has 128 valence electrons. The van der Waals surface area contributed by atoms with Crippen molar-refractivity contribution in [3.05, 3.63) is 36.4 Å². The minimum Gasteiger partial charge on any atom is -0.494 e. The first-order valence-electron chi connectivity index (χ1n) is 7.26. The van der Waals surface area contributed by atoms with E-state index in [0.29, 0.717) is 30.9 Å². The molecule has 3 rings (SSSR count). The predicted molar refractivity (Wildman–Crippen MR) is 79.1 cm³/mol. The number of anilines is 1. The van der Waals surface area contributed by atoms with E-state index in [2.05, 4.69) is 15.0 Å². The van der Waals surface area contributed by atoms with Crippen LogP contribution in [-0.2, 0) is 6.18 Å². The molecule has 0 radical (unpaired) electrons. The summed E-state index contributed by atoms with van der Waals surface area (Å²) in [5, 5.41) is 0. The summed E-state index contributed by atoms with van der Waals surface area (Å²) in [4.78, 5) is 13.2. The molecule has 0 saturated carbocycles. The molecule has 1 fully saturated rings. The third-order valence-electron chi connectivity index (χ3n) is 3.66. The molecule has 9 heteroatoms. The second-order valence-electron chi connectivity index (χ2n) is 5.28. The van der Waals surface area contributed by atoms with Crippen molar-refractivity contribution in [2.75, 3.05) is 25.1 Å². The number of halogens is 3. The van der Waals surface area contributed by atoms with E-state index < -0.39 is 11.9 Å². The van der Waals surface area contributed by atoms with Crippen molar-refractivity contribution in [3.8, 4) is 11.8 Å². The highest BCUT2D eigenvalue weighted by molar-refractivity contribution is 5.48. The van der Waals surface area contributed by atoms with Gasteiger partial charge in [-0.15, -0.1) is 0 Å². The van der Waals surface area contributed by atoms with Gasteiger partial charge in [-0.1, -0.05) is 0 Å². The summed E-state index contributed by atoms with van der Waals surface area (Å²) >= 11 is 0. The fourth-order valence-corrected chi connectivity index (χ4v) is 2.45. The number of aromatic nitrogens is 3. The van der Waals surface area contributed by atoms with Crippen molar-refractivity contribution in [1.29, 1.82) is 0 Å². The molecule has 0 spiro atoms. The van der Waals surface area contributed by atoms with Gasteiger partial charge in [0.1, 0.15) is 11.8 Å². The Morgan fingerprint density at radius 2 is 1.96 bits per heavy atom. The molecule has 24 heavy (non-hydrogen) atoms. The summed E-state index contributed by atoms with van der Waals surface area (Å²) in [7, 11) is 1.51. The van der Waals surface area contributed by atoms with Crippen LogP contribution in [0.1, 0.15) is 12.1 Å². The number of rotatable bonds is 4. The van der Waals surface area contributed by atoms with Crippen molar-refractivity contribution >= 4 is 5.69 Å². The van der Waals surface area contributed by atoms with Gasteiger partial charge in [-0.2, -0.15) is 23.1 Å². The lowest BCUT2D eigenvalue weighted by Gasteiger charge is -2.19. The van der Waals surface area contributed by atoms with Gasteiger partial charge in [-0.3, -0.25) is 4.98 Å². The number of ether oxygens (including phenoxy) is 2. The van der Waals surface area contributed by atoms with Crippen molar-refractivity contribution < 1.29 is 22.6 Å². The molecule has 0 amide bonds. The van der Waals surface area contributed by atoms with E-state index in [0.717, 1.165) is 6.07 Å². The van der Waals surface area contributed by atoms with Crippen molar-refractivity contribution in [2.24, 2.45) is 0 Å². The number of methoxy groups -OCH3 is 1. The Bertz CT molecular complexity index is 694. The maximum atomic E-state index is 12.7. The Hall–Kier alpha value is -2.58. The largest absolute Gasteiger partial charge is 0.494 e. The van der Waals surface area contributed by atoms with Crippen LogP contribution >= 0.6 is 0 Å². The lowest BCUT2D eigenvalue weighted by molar-refractivity contribution is -0.141. The second kappa shape index (κ2) is 6.50. The molecule has 6 nitrogen and oxygen atoms in total. The summed E-state index contributed by atoms with van der Waals surface area (Å²) < 4.78 is 48.9. The number of hydrogen-bond donors (Lipinski definition) is 0. The Kier molecular flexibility index (Phi) is 4.41. The minimum absolute atomic E-state index is 0.194. The van der Waals surface area contributed by atoms with Crippen LogP contribution in [0.3, 0.4) is 0 Å². The molecular formula is C15H15F3N4O2. The molecule has 1 unspecified atom stereocenters. The highest BCUT2D eigenvalue weighted by Crippen LogP contribution is 2.31. The van der Waals surface area contributed by atoms with E-state index in [-0.39, 0.29) is 12.1 Å². The maximum Gasteiger partial charge on any atom is 0.433 e. The second-order valence-corrected chi connectivity index (χ2v) is 5.28. The smallest absolute Gasteiger partial charge is 0.433 e. The van der Waals surface area contributed by atoms with E-state index in [1.807, 2.05) is 4.90 Å². The highest BCUT2D eigenvalue weighted by Gasteiger charge is 2.33. The average Bonchev–Trinajstić information content (AvgIpc) is 3.03. The summed E-state index contributed by atoms with van der Waals surface area (Å²) in [6, 6.07) is 2.82. The van der Waals surface area contributed by atoms with Crippen molar-refractivity contribution in [1.82, 2.24) is 15.0 Å². The average molecular weight is 340 g/mol. The fourth-order valence-electron chi connectivity index (χ4n) is 2.45. The van der Waals surface area contributed by atoms with Gasteiger partial charge in [0.2, 0.25) is 0 Å². The monoisotopic (exact) mass is 340 g/mol. The molecule has 0 N–H and O–H groups in total. The molecule has 3 heterocycles. The van der Waals surface area contributed by atoms with E-state index in [9.17, 15) is 13.2 Å². The zero-order valence-corrected chi connectivity index (χ0v) is 12.8. The van der Waals surface area contributed by atoms with Gasteiger partial charge in [0.15, 0.2) is 5.75 Å². The van der Waals surface area contributed by atoms with Gasteiger partial charge in [-0.25, -0.2) is 0 Å². The molecule has 2 aromatic rings. The van der Waals surface area contributed by atoms with Crippen LogP contribution in [0.5, 0.6) is 11.8 Å². The topological polar surface area (TPSA) is 60.4 Å². The molecule has 0 aromatic carbocycles. The molecule has 1 atom stereocenters. The Morgan fingerprint density at radius 3 is 2.62 bits per heavy atom. The first kappa shape index (κ1) is 16.3. The molecule has 0 aliphatic carbocycles. The fraction of sp³-hybridized carbons (Fsp3) is 0.400. The van der Waals surface area contributed by atoms with E-state index in [1.165, 1.54) is 25.7 Å². The minimum atomic E-state index is -4.46. The van der Waals surface area contributed by atoms with Gasteiger partial charge in [0.05, 0.1) is 26.0 Å². The number of alkyl halides is 3. The van der Waals surface area contributed by atoms with Gasteiger partial charge in [0.25, 0.3) is 0 Å². The van der Waals surface area contributed by atoms with Gasteiger partial charge in [0, 0.05) is 24.8 Å². The first-order valence-corrected chi connectivity index (χ1v) is 7.26. The summed E-state index contributed by atoms with van der Waals surface area (Å²) in [6.07, 6.45) is 0.169. The molecular weight excluding hydrogens is 325 g/mol. The number of pyridine rings is 1. The van der Waals surface area contributed by atoms with E-state index >= 15 is 0 Å². The van der Waals surface area contributed by atoms with Crippen LogP contribution in [0.25, 0.3) is 0 Å². The lowest BCUT2D eigenvalue weighted by atomic mass is 10.3. The third kappa shape index (κ3) is 3.66. The van der Waals surface area contributed by atoms with Crippen molar-refractivity contribution in [3.63, 3.8) is 0 Å². The first-order chi connectivity index (χ1) is 11.5. The van der Waals surface area contributed by atoms with Gasteiger partial charge in [-0.05, 0) is 12.1 Å². The van der Waals surface area contributed by atoms with Gasteiger partial charge < -0.3 is 14.4 Å². The zero-order chi connectivity index (χ0) is 17.2. The normalized spacial score (nSPS) is 17.8. The summed E-state index contributed by atoms with van der Waals surface area (Å²) in [5.74, 6) is 0.520. The van der Waals surface area contributed by atoms with E-state index in [4.69, 9.17) is 9.47 Å². The van der Waals surface area contributed by atoms with Gasteiger partial charge >= 0.3 is 12.2 Å². The van der Waals surface area contributed by atoms with Crippen LogP contribution in [0.4, 0.5) is 18.9 Å². The van der Waals surface area contributed by atoms with Crippen LogP contribution < -0.4 is 14.4 Å². The van der Waals surface area contributed by atoms with Crippen molar-refractivity contribution in [2.45, 2.75) is 18.7 Å². The summed E-state index contributed by atoms with van der Waals surface area (Å²) in [6.45, 7) is 1.04. The zero-order valence-electron chi connectivity index (χ0n) is 12.8. The molecule has 1 saturated heterocycles. The molecule has 1 aliphatic heterocycles. The highest BCUT2D eigenvalue weighted by atomic mass is 19.4. The predicted octanol–water partition coefficient (Wildman–Crippen LogP) is 2.56. The van der Waals surface area contributed by atoms with Crippen LogP contribution in [-0.4, -0.2) is 41.3 Å². The van der Waals surface area contributed by atoms with Crippen LogP contribution in [0.2, 0.25) is 0 Å². The SMILES string of the molecule is COc1cnc(OC2CCN(c3ccnc(C(F)(F)F)c3)C2)nc1. The number of nitrogens with zero attached hydrogens (tertiary/aromatic N) is 4. The quantitative estimate of drug-likeness (QED) is 0.852. The number of hydrogen-bond acceptors (Lipinski definition) is 6. The Labute approximate surface area is 136 Å². The van der Waals surface area contributed by atoms with E-state index in [1.54, 1.807) is 6.07 Å². The Morgan fingerprint density at radius 1 is 1.21 bits per heavy atom. The Balaban J connectivity index is 1.64. The standard InChI is InChI=1S/C15H15F3N4O2/c1-23-12-7-20-14(21-8-12)24-11-3-5-22(9-11)10-2-4-19-13(6-10)15(16,17)18/h2,4,6-8,11H,3,5,9H2,1H3. The lowest BCUT2D eigenvalue weighted by Crippen LogP contribution is -2.25. The molecule has 0 bridgehead atoms. The third-order valence-corrected chi connectivity index (χ3v) is 3.66. The van der Waals surface area contributed by atoms with Crippen LogP contribution in [0.15, 0.2) is 30.7 Å². The maximum absolute atomic E-state index is 12.7. The van der Waals surface area contributed by atoms with Crippen LogP contribution in [0, 0.1) is 0 Å². The molecule has 2 aromatic heterocycles. The summed E-state index contributed by atoms with van der Waals surface area (Å²) in [5.41, 5.74) is -0.429.